The van der Waals surface area contributed by atoms with Crippen molar-refractivity contribution in [1.82, 2.24) is 19.2 Å². The summed E-state index contributed by atoms with van der Waals surface area (Å²) in [5, 5.41) is 13.0. The number of ether oxygens (including phenoxy) is 1. The highest BCUT2D eigenvalue weighted by atomic mass is 32.1. The van der Waals surface area contributed by atoms with Gasteiger partial charge in [0.2, 0.25) is 5.91 Å². The molecule has 2 aromatic rings. The Bertz CT molecular complexity index is 711. The summed E-state index contributed by atoms with van der Waals surface area (Å²) in [7, 11) is 0. The minimum Gasteiger partial charge on any atom is -0.384 e. The molecule has 0 radical (unpaired) electrons. The zero-order valence-electron chi connectivity index (χ0n) is 14.3. The molecule has 8 heteroatoms. The lowest BCUT2D eigenvalue weighted by Gasteiger charge is -2.34. The summed E-state index contributed by atoms with van der Waals surface area (Å²) in [4.78, 5) is 22.1. The molecule has 0 bridgehead atoms. The van der Waals surface area contributed by atoms with Crippen molar-refractivity contribution in [2.24, 2.45) is 0 Å². The molecular formula is C17H24N4O3S. The van der Waals surface area contributed by atoms with Crippen LogP contribution in [0.2, 0.25) is 0 Å². The van der Waals surface area contributed by atoms with Gasteiger partial charge in [0.25, 0.3) is 0 Å². The monoisotopic (exact) mass is 364 g/mol. The zero-order valence-corrected chi connectivity index (χ0v) is 15.1. The van der Waals surface area contributed by atoms with Gasteiger partial charge in [0.1, 0.15) is 5.60 Å². The van der Waals surface area contributed by atoms with Gasteiger partial charge in [0, 0.05) is 30.9 Å². The second-order valence-corrected chi connectivity index (χ2v) is 7.95. The first-order chi connectivity index (χ1) is 12.1. The molecule has 2 fully saturated rings. The van der Waals surface area contributed by atoms with Crippen molar-refractivity contribution in [2.45, 2.75) is 24.9 Å². The van der Waals surface area contributed by atoms with Crippen molar-refractivity contribution in [2.75, 3.05) is 45.9 Å². The van der Waals surface area contributed by atoms with E-state index in [0.29, 0.717) is 26.2 Å². The normalized spacial score (nSPS) is 25.6. The van der Waals surface area contributed by atoms with E-state index in [1.165, 1.54) is 12.8 Å². The Kier molecular flexibility index (Phi) is 4.77. The minimum atomic E-state index is -0.995. The lowest BCUT2D eigenvalue weighted by molar-refractivity contribution is -0.133. The Balaban J connectivity index is 1.42. The number of thiazole rings is 1. The van der Waals surface area contributed by atoms with Crippen LogP contribution in [-0.2, 0) is 16.0 Å². The number of imidazole rings is 1. The Morgan fingerprint density at radius 1 is 1.36 bits per heavy atom. The molecule has 2 aromatic heterocycles. The number of aliphatic hydroxyl groups is 1. The number of nitrogens with zero attached hydrogens (tertiary/aromatic N) is 4. The number of carbonyl (C=O) groups is 1. The maximum atomic E-state index is 12.7. The van der Waals surface area contributed by atoms with Gasteiger partial charge in [-0.1, -0.05) is 0 Å². The molecule has 136 valence electrons. The second-order valence-electron chi connectivity index (χ2n) is 7.08. The maximum Gasteiger partial charge on any atom is 0.228 e. The number of hydrogen-bond donors (Lipinski definition) is 1. The lowest BCUT2D eigenvalue weighted by Crippen LogP contribution is -2.53. The van der Waals surface area contributed by atoms with Crippen LogP contribution >= 0.6 is 11.3 Å². The number of fused-ring (bicyclic) bond motifs is 1. The molecule has 25 heavy (non-hydrogen) atoms. The van der Waals surface area contributed by atoms with E-state index in [0.717, 1.165) is 23.7 Å². The molecule has 0 aromatic carbocycles. The van der Waals surface area contributed by atoms with Crippen molar-refractivity contribution in [1.29, 1.82) is 0 Å². The van der Waals surface area contributed by atoms with Crippen molar-refractivity contribution in [3.63, 3.8) is 0 Å². The lowest BCUT2D eigenvalue weighted by atomic mass is 10.0. The largest absolute Gasteiger partial charge is 0.384 e. The summed E-state index contributed by atoms with van der Waals surface area (Å²) in [6.45, 7) is 4.19. The van der Waals surface area contributed by atoms with E-state index in [4.69, 9.17) is 4.74 Å². The van der Waals surface area contributed by atoms with Crippen LogP contribution in [0.4, 0.5) is 0 Å². The molecule has 4 heterocycles. The first-order valence-corrected chi connectivity index (χ1v) is 9.71. The van der Waals surface area contributed by atoms with Gasteiger partial charge in [-0.05, 0) is 25.9 Å². The van der Waals surface area contributed by atoms with Crippen LogP contribution in [0.5, 0.6) is 0 Å². The quantitative estimate of drug-likeness (QED) is 0.861. The summed E-state index contributed by atoms with van der Waals surface area (Å²) >= 11 is 1.55. The number of likely N-dealkylation sites (tertiary alicyclic amines) is 1. The number of carbonyl (C=O) groups excluding carboxylic acids is 1. The van der Waals surface area contributed by atoms with Crippen LogP contribution < -0.4 is 0 Å². The van der Waals surface area contributed by atoms with Crippen LogP contribution in [0.3, 0.4) is 0 Å². The topological polar surface area (TPSA) is 70.3 Å². The van der Waals surface area contributed by atoms with Crippen LogP contribution in [0.1, 0.15) is 18.5 Å². The van der Waals surface area contributed by atoms with E-state index in [1.54, 1.807) is 16.2 Å². The van der Waals surface area contributed by atoms with Crippen LogP contribution in [0, 0.1) is 0 Å². The number of rotatable bonds is 4. The molecule has 0 spiro atoms. The van der Waals surface area contributed by atoms with Crippen molar-refractivity contribution in [3.8, 4) is 0 Å². The van der Waals surface area contributed by atoms with Gasteiger partial charge in [-0.2, -0.15) is 0 Å². The number of amides is 1. The SMILES string of the molecule is O=C(Cc1cn2ccsc2n1)N1CCOC[C@@](O)(CN2CCCC2)C1. The van der Waals surface area contributed by atoms with E-state index < -0.39 is 5.60 Å². The van der Waals surface area contributed by atoms with Gasteiger partial charge in [-0.3, -0.25) is 9.20 Å². The molecule has 2 aliphatic rings. The molecule has 0 unspecified atom stereocenters. The van der Waals surface area contributed by atoms with Crippen molar-refractivity contribution in [3.05, 3.63) is 23.5 Å². The van der Waals surface area contributed by atoms with Crippen LogP contribution in [-0.4, -0.2) is 81.7 Å². The summed E-state index contributed by atoms with van der Waals surface area (Å²) < 4.78 is 7.53. The van der Waals surface area contributed by atoms with E-state index in [2.05, 4.69) is 9.88 Å². The standard InChI is InChI=1S/C17H24N4O3S/c22-15(9-14-10-20-6-8-25-16(20)18-14)21-5-7-24-13-17(23,12-21)11-19-3-1-2-4-19/h6,8,10,23H,1-5,7,9,11-13H2/t17-/m1/s1. The fraction of sp³-hybridized carbons (Fsp3) is 0.647. The van der Waals surface area contributed by atoms with Gasteiger partial charge in [-0.15, -0.1) is 11.3 Å². The van der Waals surface area contributed by atoms with E-state index in [-0.39, 0.29) is 18.9 Å². The van der Waals surface area contributed by atoms with E-state index in [1.807, 2.05) is 22.2 Å². The first kappa shape index (κ1) is 17.0. The number of aromatic nitrogens is 2. The first-order valence-electron chi connectivity index (χ1n) is 8.83. The van der Waals surface area contributed by atoms with Gasteiger partial charge in [0.15, 0.2) is 4.96 Å². The molecule has 1 amide bonds. The highest BCUT2D eigenvalue weighted by Crippen LogP contribution is 2.19. The Labute approximate surface area is 150 Å². The molecule has 0 saturated carbocycles. The fourth-order valence-electron chi connectivity index (χ4n) is 3.71. The molecule has 2 saturated heterocycles. The third kappa shape index (κ3) is 3.87. The molecule has 0 aliphatic carbocycles. The van der Waals surface area contributed by atoms with Crippen LogP contribution in [0.15, 0.2) is 17.8 Å². The number of β-amino-alcohol motifs (C(OH)–C–C–N with tert-alkyl or cyclic N) is 1. The van der Waals surface area contributed by atoms with Gasteiger partial charge in [0.05, 0.1) is 31.9 Å². The summed E-state index contributed by atoms with van der Waals surface area (Å²) in [5.41, 5.74) is -0.226. The van der Waals surface area contributed by atoms with E-state index in [9.17, 15) is 9.90 Å². The van der Waals surface area contributed by atoms with Gasteiger partial charge in [-0.25, -0.2) is 4.98 Å². The molecule has 2 aliphatic heterocycles. The second kappa shape index (κ2) is 7.03. The predicted octanol–water partition coefficient (Wildman–Crippen LogP) is 0.624. The predicted molar refractivity (Wildman–Crippen MR) is 94.8 cm³/mol. The minimum absolute atomic E-state index is 0.00361. The highest BCUT2D eigenvalue weighted by molar-refractivity contribution is 7.15. The zero-order chi connectivity index (χ0) is 17.3. The Morgan fingerprint density at radius 3 is 3.00 bits per heavy atom. The average Bonchev–Trinajstić information content (AvgIpc) is 3.25. The van der Waals surface area contributed by atoms with E-state index >= 15 is 0 Å². The fourth-order valence-corrected chi connectivity index (χ4v) is 4.43. The van der Waals surface area contributed by atoms with Crippen molar-refractivity contribution < 1.29 is 14.6 Å². The van der Waals surface area contributed by atoms with Crippen molar-refractivity contribution >= 4 is 22.2 Å². The average molecular weight is 364 g/mol. The smallest absolute Gasteiger partial charge is 0.228 e. The number of hydrogen-bond acceptors (Lipinski definition) is 6. The Hall–Kier alpha value is -1.48. The molecule has 4 rings (SSSR count). The maximum absolute atomic E-state index is 12.7. The van der Waals surface area contributed by atoms with Gasteiger partial charge >= 0.3 is 0 Å². The summed E-state index contributed by atoms with van der Waals surface area (Å²) in [6.07, 6.45) is 6.45. The highest BCUT2D eigenvalue weighted by Gasteiger charge is 2.36. The Morgan fingerprint density at radius 2 is 2.20 bits per heavy atom. The third-order valence-electron chi connectivity index (χ3n) is 4.91. The molecule has 1 N–H and O–H groups in total. The summed E-state index contributed by atoms with van der Waals surface area (Å²) in [6, 6.07) is 0. The van der Waals surface area contributed by atoms with Gasteiger partial charge < -0.3 is 19.6 Å². The third-order valence-corrected chi connectivity index (χ3v) is 5.68. The molecular weight excluding hydrogens is 340 g/mol. The van der Waals surface area contributed by atoms with Crippen LogP contribution in [0.25, 0.3) is 4.96 Å². The molecule has 7 nitrogen and oxygen atoms in total. The molecule has 1 atom stereocenters. The summed E-state index contributed by atoms with van der Waals surface area (Å²) in [5.74, 6) is -0.00361.